The van der Waals surface area contributed by atoms with Crippen molar-refractivity contribution in [2.45, 2.75) is 12.5 Å². The van der Waals surface area contributed by atoms with Crippen LogP contribution in [-0.4, -0.2) is 51.3 Å². The number of pyridine rings is 1. The van der Waals surface area contributed by atoms with Crippen LogP contribution in [-0.2, 0) is 11.2 Å². The zero-order chi connectivity index (χ0) is 21.0. The van der Waals surface area contributed by atoms with Crippen LogP contribution in [0.15, 0.2) is 91.3 Å². The Balaban J connectivity index is 1.27. The number of aromatic nitrogens is 2. The van der Waals surface area contributed by atoms with Crippen LogP contribution in [0, 0.1) is 0 Å². The number of benzene rings is 2. The SMILES string of the molecule is O=C(Cc1cn2ccccc2n1)N1CCN(C(c2ccccc2)c2ccccc2)CC1. The Morgan fingerprint density at radius 2 is 1.42 bits per heavy atom. The van der Waals surface area contributed by atoms with Crippen molar-refractivity contribution < 1.29 is 4.79 Å². The lowest BCUT2D eigenvalue weighted by Crippen LogP contribution is -2.50. The van der Waals surface area contributed by atoms with Gasteiger partial charge in [0.15, 0.2) is 0 Å². The Morgan fingerprint density at radius 3 is 2.03 bits per heavy atom. The first kappa shape index (κ1) is 19.5. The van der Waals surface area contributed by atoms with Crippen molar-refractivity contribution in [3.05, 3.63) is 108 Å². The molecule has 0 atom stereocenters. The Kier molecular flexibility index (Phi) is 5.50. The monoisotopic (exact) mass is 410 g/mol. The van der Waals surface area contributed by atoms with E-state index in [1.54, 1.807) is 0 Å². The molecule has 0 saturated carbocycles. The molecule has 31 heavy (non-hydrogen) atoms. The second kappa shape index (κ2) is 8.74. The summed E-state index contributed by atoms with van der Waals surface area (Å²) in [6.07, 6.45) is 4.26. The van der Waals surface area contributed by atoms with Gasteiger partial charge in [0, 0.05) is 38.6 Å². The largest absolute Gasteiger partial charge is 0.340 e. The Labute approximate surface area is 182 Å². The third kappa shape index (κ3) is 4.23. The Bertz CT molecular complexity index is 1080. The first-order valence-corrected chi connectivity index (χ1v) is 10.8. The number of fused-ring (bicyclic) bond motifs is 1. The highest BCUT2D eigenvalue weighted by molar-refractivity contribution is 5.78. The molecule has 2 aromatic carbocycles. The summed E-state index contributed by atoms with van der Waals surface area (Å²) >= 11 is 0. The predicted octanol–water partition coefficient (Wildman–Crippen LogP) is 3.81. The van der Waals surface area contributed by atoms with Gasteiger partial charge in [0.2, 0.25) is 5.91 Å². The maximum Gasteiger partial charge on any atom is 0.228 e. The number of carbonyl (C=O) groups is 1. The molecule has 5 rings (SSSR count). The van der Waals surface area contributed by atoms with Crippen LogP contribution in [0.25, 0.3) is 5.65 Å². The van der Waals surface area contributed by atoms with Gasteiger partial charge in [0.05, 0.1) is 18.2 Å². The van der Waals surface area contributed by atoms with Gasteiger partial charge in [-0.3, -0.25) is 9.69 Å². The average Bonchev–Trinajstić information content (AvgIpc) is 3.23. The lowest BCUT2D eigenvalue weighted by Gasteiger charge is -2.39. The van der Waals surface area contributed by atoms with Gasteiger partial charge >= 0.3 is 0 Å². The van der Waals surface area contributed by atoms with E-state index in [0.29, 0.717) is 6.42 Å². The average molecular weight is 411 g/mol. The van der Waals surface area contributed by atoms with Crippen LogP contribution in [0.4, 0.5) is 0 Å². The van der Waals surface area contributed by atoms with Crippen LogP contribution < -0.4 is 0 Å². The van der Waals surface area contributed by atoms with Gasteiger partial charge in [-0.05, 0) is 23.3 Å². The second-order valence-electron chi connectivity index (χ2n) is 8.02. The molecule has 2 aromatic heterocycles. The molecule has 1 saturated heterocycles. The summed E-state index contributed by atoms with van der Waals surface area (Å²) < 4.78 is 1.96. The van der Waals surface area contributed by atoms with E-state index >= 15 is 0 Å². The number of amides is 1. The highest BCUT2D eigenvalue weighted by Gasteiger charge is 2.28. The summed E-state index contributed by atoms with van der Waals surface area (Å²) in [5.74, 6) is 0.152. The number of rotatable bonds is 5. The molecular weight excluding hydrogens is 384 g/mol. The summed E-state index contributed by atoms with van der Waals surface area (Å²) in [6.45, 7) is 3.18. The van der Waals surface area contributed by atoms with Gasteiger partial charge in [-0.2, -0.15) is 0 Å². The molecule has 0 unspecified atom stereocenters. The molecule has 0 aliphatic carbocycles. The summed E-state index contributed by atoms with van der Waals surface area (Å²) in [5, 5.41) is 0. The van der Waals surface area contributed by atoms with Crippen molar-refractivity contribution in [1.82, 2.24) is 19.2 Å². The molecule has 1 amide bonds. The van der Waals surface area contributed by atoms with Gasteiger partial charge in [-0.1, -0.05) is 66.7 Å². The van der Waals surface area contributed by atoms with E-state index in [0.717, 1.165) is 37.5 Å². The maximum absolute atomic E-state index is 12.9. The third-order valence-electron chi connectivity index (χ3n) is 6.01. The van der Waals surface area contributed by atoms with Crippen LogP contribution >= 0.6 is 0 Å². The van der Waals surface area contributed by atoms with E-state index in [9.17, 15) is 4.79 Å². The van der Waals surface area contributed by atoms with Crippen molar-refractivity contribution in [1.29, 1.82) is 0 Å². The summed E-state index contributed by atoms with van der Waals surface area (Å²) in [6, 6.07) is 27.4. The van der Waals surface area contributed by atoms with E-state index in [4.69, 9.17) is 0 Å². The minimum Gasteiger partial charge on any atom is -0.340 e. The Morgan fingerprint density at radius 1 is 0.806 bits per heavy atom. The van der Waals surface area contributed by atoms with Gasteiger partial charge in [-0.15, -0.1) is 0 Å². The molecule has 0 radical (unpaired) electrons. The number of hydrogen-bond acceptors (Lipinski definition) is 3. The molecule has 0 spiro atoms. The molecule has 0 bridgehead atoms. The van der Waals surface area contributed by atoms with Crippen molar-refractivity contribution in [3.63, 3.8) is 0 Å². The third-order valence-corrected chi connectivity index (χ3v) is 6.01. The number of imidazole rings is 1. The normalized spacial score (nSPS) is 14.9. The lowest BCUT2D eigenvalue weighted by atomic mass is 9.96. The first-order valence-electron chi connectivity index (χ1n) is 10.8. The van der Waals surface area contributed by atoms with E-state index in [2.05, 4.69) is 70.5 Å². The van der Waals surface area contributed by atoms with Crippen molar-refractivity contribution >= 4 is 11.6 Å². The number of carbonyl (C=O) groups excluding carboxylic acids is 1. The fraction of sp³-hybridized carbons (Fsp3) is 0.231. The van der Waals surface area contributed by atoms with E-state index in [-0.39, 0.29) is 11.9 Å². The van der Waals surface area contributed by atoms with Crippen LogP contribution in [0.5, 0.6) is 0 Å². The van der Waals surface area contributed by atoms with Crippen molar-refractivity contribution in [3.8, 4) is 0 Å². The molecule has 3 heterocycles. The molecule has 4 aromatic rings. The minimum atomic E-state index is 0.152. The zero-order valence-corrected chi connectivity index (χ0v) is 17.5. The quantitative estimate of drug-likeness (QED) is 0.502. The van der Waals surface area contributed by atoms with Crippen LogP contribution in [0.2, 0.25) is 0 Å². The predicted molar refractivity (Wildman–Crippen MR) is 122 cm³/mol. The number of piperazine rings is 1. The summed E-state index contributed by atoms with van der Waals surface area (Å²) in [4.78, 5) is 22.0. The van der Waals surface area contributed by atoms with E-state index in [1.165, 1.54) is 11.1 Å². The Hall–Kier alpha value is -3.44. The molecule has 5 heteroatoms. The van der Waals surface area contributed by atoms with Gasteiger partial charge < -0.3 is 9.30 Å². The fourth-order valence-corrected chi connectivity index (χ4v) is 4.45. The van der Waals surface area contributed by atoms with E-state index in [1.807, 2.05) is 39.9 Å². The van der Waals surface area contributed by atoms with Crippen LogP contribution in [0.3, 0.4) is 0 Å². The first-order chi connectivity index (χ1) is 15.3. The van der Waals surface area contributed by atoms with E-state index < -0.39 is 0 Å². The molecule has 5 nitrogen and oxygen atoms in total. The molecule has 156 valence electrons. The van der Waals surface area contributed by atoms with Crippen molar-refractivity contribution in [2.75, 3.05) is 26.2 Å². The van der Waals surface area contributed by atoms with Gasteiger partial charge in [-0.25, -0.2) is 4.98 Å². The molecule has 1 aliphatic heterocycles. The van der Waals surface area contributed by atoms with Crippen molar-refractivity contribution in [2.24, 2.45) is 0 Å². The number of hydrogen-bond donors (Lipinski definition) is 0. The zero-order valence-electron chi connectivity index (χ0n) is 17.5. The maximum atomic E-state index is 12.9. The molecule has 1 fully saturated rings. The van der Waals surface area contributed by atoms with Gasteiger partial charge in [0.1, 0.15) is 5.65 Å². The fourth-order valence-electron chi connectivity index (χ4n) is 4.45. The highest BCUT2D eigenvalue weighted by Crippen LogP contribution is 2.29. The number of nitrogens with zero attached hydrogens (tertiary/aromatic N) is 4. The standard InChI is InChI=1S/C26H26N4O/c31-25(19-23-20-30-14-8-7-13-24(30)27-23)28-15-17-29(18-16-28)26(21-9-3-1-4-10-21)22-11-5-2-6-12-22/h1-14,20,26H,15-19H2. The molecule has 1 aliphatic rings. The highest BCUT2D eigenvalue weighted by atomic mass is 16.2. The molecule has 0 N–H and O–H groups in total. The lowest BCUT2D eigenvalue weighted by molar-refractivity contribution is -0.132. The minimum absolute atomic E-state index is 0.152. The molecular formula is C26H26N4O. The summed E-state index contributed by atoms with van der Waals surface area (Å²) in [7, 11) is 0. The summed E-state index contributed by atoms with van der Waals surface area (Å²) in [5.41, 5.74) is 4.28. The van der Waals surface area contributed by atoms with Crippen LogP contribution in [0.1, 0.15) is 22.9 Å². The topological polar surface area (TPSA) is 40.9 Å². The smallest absolute Gasteiger partial charge is 0.228 e. The second-order valence-corrected chi connectivity index (χ2v) is 8.02. The van der Waals surface area contributed by atoms with Gasteiger partial charge in [0.25, 0.3) is 0 Å².